The zero-order valence-electron chi connectivity index (χ0n) is 14.3. The topological polar surface area (TPSA) is 43.4 Å². The Morgan fingerprint density at radius 2 is 1.48 bits per heavy atom. The fourth-order valence-electron chi connectivity index (χ4n) is 2.82. The fraction of sp³-hybridized carbons (Fsp3) is 0.143. The van der Waals surface area contributed by atoms with E-state index in [1.165, 1.54) is 12.7 Å². The molecule has 0 aliphatic rings. The number of aryl methyl sites for hydroxylation is 1. The van der Waals surface area contributed by atoms with Crippen molar-refractivity contribution in [2.75, 3.05) is 7.11 Å². The summed E-state index contributed by atoms with van der Waals surface area (Å²) >= 11 is 0. The van der Waals surface area contributed by atoms with E-state index in [0.29, 0.717) is 5.75 Å². The molecule has 0 saturated carbocycles. The summed E-state index contributed by atoms with van der Waals surface area (Å²) in [4.78, 5) is 0.219. The molecule has 0 unspecified atom stereocenters. The van der Waals surface area contributed by atoms with Crippen molar-refractivity contribution in [3.63, 3.8) is 0 Å². The minimum atomic E-state index is -3.52. The second kappa shape index (κ2) is 7.11. The summed E-state index contributed by atoms with van der Waals surface area (Å²) in [7, 11) is -2.04. The van der Waals surface area contributed by atoms with Crippen LogP contribution in [0.3, 0.4) is 0 Å². The van der Waals surface area contributed by atoms with Crippen molar-refractivity contribution in [1.82, 2.24) is 0 Å². The standard InChI is InChI=1S/C21H20O3S/c1-16-11-13-17(14-12-16)19-8-4-3-7-18(19)15-25(22,23)21-10-6-5-9-20(21)24-2/h3-14H,15H2,1-2H3. The Kier molecular flexibility index (Phi) is 4.91. The van der Waals surface area contributed by atoms with Gasteiger partial charge in [0.05, 0.1) is 12.9 Å². The number of sulfone groups is 1. The Morgan fingerprint density at radius 3 is 2.20 bits per heavy atom. The third-order valence-corrected chi connectivity index (χ3v) is 5.83. The van der Waals surface area contributed by atoms with Gasteiger partial charge in [0, 0.05) is 0 Å². The molecule has 0 aliphatic heterocycles. The highest BCUT2D eigenvalue weighted by molar-refractivity contribution is 7.90. The molecule has 0 aliphatic carbocycles. The lowest BCUT2D eigenvalue weighted by molar-refractivity contribution is 0.402. The number of ether oxygens (including phenoxy) is 1. The number of benzene rings is 3. The van der Waals surface area contributed by atoms with E-state index < -0.39 is 9.84 Å². The third-order valence-electron chi connectivity index (χ3n) is 4.13. The summed E-state index contributed by atoms with van der Waals surface area (Å²) in [5.74, 6) is 0.299. The minimum Gasteiger partial charge on any atom is -0.495 e. The highest BCUT2D eigenvalue weighted by Crippen LogP contribution is 2.30. The van der Waals surface area contributed by atoms with Gasteiger partial charge in [-0.15, -0.1) is 0 Å². The molecule has 3 nitrogen and oxygen atoms in total. The van der Waals surface area contributed by atoms with Gasteiger partial charge in [-0.2, -0.15) is 0 Å². The molecule has 0 radical (unpaired) electrons. The Balaban J connectivity index is 2.02. The molecule has 4 heteroatoms. The molecule has 0 saturated heterocycles. The monoisotopic (exact) mass is 352 g/mol. The molecule has 0 fully saturated rings. The van der Waals surface area contributed by atoms with Crippen molar-refractivity contribution in [3.8, 4) is 16.9 Å². The second-order valence-corrected chi connectivity index (χ2v) is 7.89. The van der Waals surface area contributed by atoms with E-state index in [-0.39, 0.29) is 10.6 Å². The van der Waals surface area contributed by atoms with Crippen LogP contribution in [0.2, 0.25) is 0 Å². The maximum absolute atomic E-state index is 12.9. The zero-order chi connectivity index (χ0) is 17.9. The lowest BCUT2D eigenvalue weighted by Crippen LogP contribution is -2.07. The van der Waals surface area contributed by atoms with Crippen LogP contribution in [-0.2, 0) is 15.6 Å². The molecular weight excluding hydrogens is 332 g/mol. The lowest BCUT2D eigenvalue weighted by Gasteiger charge is -2.13. The maximum atomic E-state index is 12.9. The highest BCUT2D eigenvalue weighted by Gasteiger charge is 2.21. The average molecular weight is 352 g/mol. The van der Waals surface area contributed by atoms with Crippen molar-refractivity contribution >= 4 is 9.84 Å². The van der Waals surface area contributed by atoms with Crippen molar-refractivity contribution in [2.24, 2.45) is 0 Å². The van der Waals surface area contributed by atoms with Crippen LogP contribution in [0.5, 0.6) is 5.75 Å². The molecule has 3 rings (SSSR count). The first-order valence-electron chi connectivity index (χ1n) is 8.02. The molecule has 0 N–H and O–H groups in total. The number of methoxy groups -OCH3 is 1. The van der Waals surface area contributed by atoms with Crippen molar-refractivity contribution in [3.05, 3.63) is 83.9 Å². The normalized spacial score (nSPS) is 11.3. The summed E-state index contributed by atoms with van der Waals surface area (Å²) in [5, 5.41) is 0. The van der Waals surface area contributed by atoms with Crippen LogP contribution in [0.15, 0.2) is 77.7 Å². The summed E-state index contributed by atoms with van der Waals surface area (Å²) in [5.41, 5.74) is 3.89. The second-order valence-electron chi connectivity index (χ2n) is 5.93. The van der Waals surface area contributed by atoms with Gasteiger partial charge in [0.25, 0.3) is 0 Å². The smallest absolute Gasteiger partial charge is 0.186 e. The maximum Gasteiger partial charge on any atom is 0.186 e. The average Bonchev–Trinajstić information content (AvgIpc) is 2.63. The quantitative estimate of drug-likeness (QED) is 0.671. The molecule has 0 spiro atoms. The molecule has 0 amide bonds. The van der Waals surface area contributed by atoms with Crippen LogP contribution in [0, 0.1) is 6.92 Å². The van der Waals surface area contributed by atoms with Gasteiger partial charge in [0.15, 0.2) is 9.84 Å². The van der Waals surface area contributed by atoms with Gasteiger partial charge >= 0.3 is 0 Å². The SMILES string of the molecule is COc1ccccc1S(=O)(=O)Cc1ccccc1-c1ccc(C)cc1. The van der Waals surface area contributed by atoms with Crippen LogP contribution >= 0.6 is 0 Å². The largest absolute Gasteiger partial charge is 0.495 e. The summed E-state index contributed by atoms with van der Waals surface area (Å²) in [6.45, 7) is 2.03. The van der Waals surface area contributed by atoms with E-state index in [9.17, 15) is 8.42 Å². The van der Waals surface area contributed by atoms with Gasteiger partial charge in [-0.25, -0.2) is 8.42 Å². The zero-order valence-corrected chi connectivity index (χ0v) is 15.1. The lowest BCUT2D eigenvalue weighted by atomic mass is 10.00. The molecular formula is C21H20O3S. The summed E-state index contributed by atoms with van der Waals surface area (Å²) in [6, 6.07) is 22.4. The van der Waals surface area contributed by atoms with E-state index in [2.05, 4.69) is 0 Å². The first-order chi connectivity index (χ1) is 12.0. The van der Waals surface area contributed by atoms with E-state index >= 15 is 0 Å². The minimum absolute atomic E-state index is 0.0720. The first-order valence-corrected chi connectivity index (χ1v) is 9.67. The highest BCUT2D eigenvalue weighted by atomic mass is 32.2. The van der Waals surface area contributed by atoms with Gasteiger partial charge in [0.1, 0.15) is 10.6 Å². The predicted molar refractivity (Wildman–Crippen MR) is 100 cm³/mol. The fourth-order valence-corrected chi connectivity index (χ4v) is 4.38. The van der Waals surface area contributed by atoms with E-state index in [1.807, 2.05) is 55.5 Å². The van der Waals surface area contributed by atoms with E-state index in [0.717, 1.165) is 16.7 Å². The molecule has 0 atom stereocenters. The van der Waals surface area contributed by atoms with Crippen LogP contribution in [0.1, 0.15) is 11.1 Å². The first kappa shape index (κ1) is 17.2. The van der Waals surface area contributed by atoms with Crippen molar-refractivity contribution in [2.45, 2.75) is 17.6 Å². The number of hydrogen-bond donors (Lipinski definition) is 0. The molecule has 0 bridgehead atoms. The van der Waals surface area contributed by atoms with Crippen molar-refractivity contribution in [1.29, 1.82) is 0 Å². The molecule has 3 aromatic rings. The Hall–Kier alpha value is -2.59. The van der Waals surface area contributed by atoms with Gasteiger partial charge in [-0.05, 0) is 35.7 Å². The molecule has 128 valence electrons. The third kappa shape index (κ3) is 3.74. The van der Waals surface area contributed by atoms with Gasteiger partial charge in [-0.1, -0.05) is 66.2 Å². The predicted octanol–water partition coefficient (Wildman–Crippen LogP) is 4.64. The molecule has 25 heavy (non-hydrogen) atoms. The van der Waals surface area contributed by atoms with E-state index in [4.69, 9.17) is 4.74 Å². The number of rotatable bonds is 5. The van der Waals surface area contributed by atoms with Crippen LogP contribution in [0.4, 0.5) is 0 Å². The van der Waals surface area contributed by atoms with E-state index in [1.54, 1.807) is 24.3 Å². The molecule has 0 aromatic heterocycles. The number of para-hydroxylation sites is 1. The Bertz CT molecular complexity index is 974. The van der Waals surface area contributed by atoms with Crippen LogP contribution in [-0.4, -0.2) is 15.5 Å². The molecule has 3 aromatic carbocycles. The molecule has 0 heterocycles. The summed E-state index contributed by atoms with van der Waals surface area (Å²) < 4.78 is 31.1. The Morgan fingerprint density at radius 1 is 0.840 bits per heavy atom. The van der Waals surface area contributed by atoms with Gasteiger partial charge in [0.2, 0.25) is 0 Å². The van der Waals surface area contributed by atoms with Gasteiger partial charge < -0.3 is 4.74 Å². The van der Waals surface area contributed by atoms with Crippen LogP contribution in [0.25, 0.3) is 11.1 Å². The van der Waals surface area contributed by atoms with Crippen molar-refractivity contribution < 1.29 is 13.2 Å². The van der Waals surface area contributed by atoms with Crippen LogP contribution < -0.4 is 4.74 Å². The van der Waals surface area contributed by atoms with Gasteiger partial charge in [-0.3, -0.25) is 0 Å². The number of hydrogen-bond acceptors (Lipinski definition) is 3. The summed E-state index contributed by atoms with van der Waals surface area (Å²) in [6.07, 6.45) is 0. The Labute approximate surface area is 148 Å².